The van der Waals surface area contributed by atoms with Crippen LogP contribution in [0.15, 0.2) is 12.7 Å². The van der Waals surface area contributed by atoms with Crippen LogP contribution in [-0.4, -0.2) is 49.4 Å². The first-order valence-electron chi connectivity index (χ1n) is 7.31. The predicted octanol–water partition coefficient (Wildman–Crippen LogP) is 0.514. The van der Waals surface area contributed by atoms with E-state index in [0.29, 0.717) is 6.42 Å². The van der Waals surface area contributed by atoms with Crippen molar-refractivity contribution in [3.8, 4) is 0 Å². The topological polar surface area (TPSA) is 88.1 Å². The fraction of sp³-hybridized carbons (Fsp3) is 0.667. The second-order valence-corrected chi connectivity index (χ2v) is 5.90. The number of carbonyl (C=O) groups is 3. The predicted molar refractivity (Wildman–Crippen MR) is 71.6 cm³/mol. The average Bonchev–Trinajstić information content (AvgIpc) is 3.12. The van der Waals surface area contributed by atoms with Gasteiger partial charge < -0.3 is 18.9 Å². The third-order valence-corrected chi connectivity index (χ3v) is 4.74. The zero-order chi connectivity index (χ0) is 15.8. The monoisotopic (exact) mass is 310 g/mol. The molecule has 1 unspecified atom stereocenters. The molecule has 0 amide bonds. The molecule has 0 radical (unpaired) electrons. The van der Waals surface area contributed by atoms with E-state index in [1.54, 1.807) is 0 Å². The highest BCUT2D eigenvalue weighted by molar-refractivity contribution is 5.87. The Balaban J connectivity index is 1.56. The Kier molecular flexibility index (Phi) is 3.68. The molecule has 0 aliphatic carbocycles. The maximum absolute atomic E-state index is 12.2. The Morgan fingerprint density at radius 2 is 2.14 bits per heavy atom. The molecule has 2 bridgehead atoms. The minimum Gasteiger partial charge on any atom is -0.462 e. The number of carbonyl (C=O) groups excluding carboxylic acids is 3. The van der Waals surface area contributed by atoms with E-state index in [1.807, 2.05) is 0 Å². The molecule has 22 heavy (non-hydrogen) atoms. The molecule has 0 N–H and O–H groups in total. The Hall–Kier alpha value is -1.89. The van der Waals surface area contributed by atoms with E-state index in [1.165, 1.54) is 0 Å². The fourth-order valence-corrected chi connectivity index (χ4v) is 3.69. The van der Waals surface area contributed by atoms with Gasteiger partial charge in [-0.15, -0.1) is 0 Å². The summed E-state index contributed by atoms with van der Waals surface area (Å²) in [6.07, 6.45) is 3.13. The van der Waals surface area contributed by atoms with Gasteiger partial charge in [0.1, 0.15) is 30.8 Å². The zero-order valence-corrected chi connectivity index (χ0v) is 12.2. The van der Waals surface area contributed by atoms with Gasteiger partial charge in [-0.1, -0.05) is 6.58 Å². The van der Waals surface area contributed by atoms with E-state index >= 15 is 0 Å². The highest BCUT2D eigenvalue weighted by Gasteiger charge is 2.72. The molecular weight excluding hydrogens is 292 g/mol. The lowest BCUT2D eigenvalue weighted by Crippen LogP contribution is -2.47. The first-order valence-corrected chi connectivity index (χ1v) is 7.31. The molecule has 120 valence electrons. The van der Waals surface area contributed by atoms with Crippen molar-refractivity contribution in [1.29, 1.82) is 0 Å². The molecule has 3 saturated heterocycles. The highest BCUT2D eigenvalue weighted by Crippen LogP contribution is 2.61. The molecule has 0 aromatic carbocycles. The third-order valence-electron chi connectivity index (χ3n) is 4.74. The van der Waals surface area contributed by atoms with Crippen molar-refractivity contribution in [3.05, 3.63) is 12.7 Å². The van der Waals surface area contributed by atoms with Crippen molar-refractivity contribution < 1.29 is 33.3 Å². The molecule has 3 aliphatic heterocycles. The van der Waals surface area contributed by atoms with Gasteiger partial charge in [-0.05, 0) is 19.3 Å². The Morgan fingerprint density at radius 1 is 1.36 bits per heavy atom. The molecule has 1 spiro atoms. The first kappa shape index (κ1) is 15.0. The Morgan fingerprint density at radius 3 is 2.86 bits per heavy atom. The molecule has 3 heterocycles. The van der Waals surface area contributed by atoms with Gasteiger partial charge in [-0.2, -0.15) is 0 Å². The van der Waals surface area contributed by atoms with Crippen molar-refractivity contribution >= 4 is 17.9 Å². The summed E-state index contributed by atoms with van der Waals surface area (Å²) in [5, 5.41) is 0. The van der Waals surface area contributed by atoms with E-state index in [9.17, 15) is 14.4 Å². The average molecular weight is 310 g/mol. The number of esters is 3. The number of hydrogen-bond donors (Lipinski definition) is 0. The van der Waals surface area contributed by atoms with E-state index < -0.39 is 23.0 Å². The van der Waals surface area contributed by atoms with E-state index in [0.717, 1.165) is 18.9 Å². The molecule has 0 aromatic rings. The van der Waals surface area contributed by atoms with Crippen LogP contribution in [-0.2, 0) is 33.3 Å². The fourth-order valence-electron chi connectivity index (χ4n) is 3.69. The van der Waals surface area contributed by atoms with E-state index in [4.69, 9.17) is 18.9 Å². The molecule has 7 heteroatoms. The lowest BCUT2D eigenvalue weighted by Gasteiger charge is -2.33. The molecular formula is C15H18O7. The SMILES string of the molecule is C=CC(=O)OCCOC(=O)CC12C[C@@H]3CC[C@@]1(COC2=O)O3. The van der Waals surface area contributed by atoms with Crippen molar-refractivity contribution in [2.24, 2.45) is 5.41 Å². The molecule has 0 aromatic heterocycles. The van der Waals surface area contributed by atoms with Crippen LogP contribution in [0.5, 0.6) is 0 Å². The van der Waals surface area contributed by atoms with Gasteiger partial charge in [0.15, 0.2) is 0 Å². The van der Waals surface area contributed by atoms with Gasteiger partial charge in [0.2, 0.25) is 0 Å². The summed E-state index contributed by atoms with van der Waals surface area (Å²) in [5.74, 6) is -1.46. The van der Waals surface area contributed by atoms with Crippen LogP contribution < -0.4 is 0 Å². The summed E-state index contributed by atoms with van der Waals surface area (Å²) >= 11 is 0. The standard InChI is InChI=1S/C15H18O7/c1-2-11(16)19-5-6-20-12(17)8-14-7-10-3-4-15(14,22-10)9-21-13(14)18/h2,10H,1,3-9H2/t10-,14?,15-/m0/s1. The van der Waals surface area contributed by atoms with Crippen LogP contribution in [0, 0.1) is 5.41 Å². The van der Waals surface area contributed by atoms with Crippen molar-refractivity contribution in [2.75, 3.05) is 19.8 Å². The largest absolute Gasteiger partial charge is 0.462 e. The summed E-state index contributed by atoms with van der Waals surface area (Å²) in [5.41, 5.74) is -1.58. The number of fused-ring (bicyclic) bond motifs is 1. The van der Waals surface area contributed by atoms with Crippen molar-refractivity contribution in [1.82, 2.24) is 0 Å². The number of hydrogen-bond acceptors (Lipinski definition) is 7. The maximum atomic E-state index is 12.2. The van der Waals surface area contributed by atoms with Crippen molar-refractivity contribution in [2.45, 2.75) is 37.4 Å². The summed E-state index contributed by atoms with van der Waals surface area (Å²) in [6, 6.07) is 0. The smallest absolute Gasteiger partial charge is 0.330 e. The second-order valence-electron chi connectivity index (χ2n) is 5.90. The summed E-state index contributed by atoms with van der Waals surface area (Å²) in [6.45, 7) is 3.38. The number of ether oxygens (including phenoxy) is 4. The van der Waals surface area contributed by atoms with Crippen LogP contribution in [0.3, 0.4) is 0 Å². The lowest BCUT2D eigenvalue weighted by atomic mass is 9.65. The van der Waals surface area contributed by atoms with Gasteiger partial charge in [0.25, 0.3) is 0 Å². The third kappa shape index (κ3) is 2.20. The molecule has 7 nitrogen and oxygen atoms in total. The van der Waals surface area contributed by atoms with E-state index in [2.05, 4.69) is 6.58 Å². The summed E-state index contributed by atoms with van der Waals surface area (Å²) < 4.78 is 20.8. The molecule has 3 atom stereocenters. The minimum atomic E-state index is -0.912. The molecule has 0 saturated carbocycles. The molecule has 3 rings (SSSR count). The lowest BCUT2D eigenvalue weighted by molar-refractivity contribution is -0.158. The Bertz CT molecular complexity index is 528. The normalized spacial score (nSPS) is 34.9. The van der Waals surface area contributed by atoms with Crippen LogP contribution >= 0.6 is 0 Å². The maximum Gasteiger partial charge on any atom is 0.330 e. The molecule has 3 aliphatic rings. The summed E-state index contributed by atoms with van der Waals surface area (Å²) in [7, 11) is 0. The van der Waals surface area contributed by atoms with Gasteiger partial charge in [0, 0.05) is 6.08 Å². The summed E-state index contributed by atoms with van der Waals surface area (Å²) in [4.78, 5) is 35.0. The van der Waals surface area contributed by atoms with Gasteiger partial charge in [-0.3, -0.25) is 9.59 Å². The van der Waals surface area contributed by atoms with Gasteiger partial charge >= 0.3 is 17.9 Å². The van der Waals surface area contributed by atoms with Crippen molar-refractivity contribution in [3.63, 3.8) is 0 Å². The molecule has 3 fully saturated rings. The quantitative estimate of drug-likeness (QED) is 0.306. The second kappa shape index (κ2) is 5.39. The number of cyclic esters (lactones) is 1. The minimum absolute atomic E-state index is 0.0224. The van der Waals surface area contributed by atoms with E-state index in [-0.39, 0.29) is 38.3 Å². The first-order chi connectivity index (χ1) is 10.5. The number of rotatable bonds is 6. The van der Waals surface area contributed by atoms with Crippen LogP contribution in [0.1, 0.15) is 25.7 Å². The van der Waals surface area contributed by atoms with Crippen LogP contribution in [0.4, 0.5) is 0 Å². The van der Waals surface area contributed by atoms with Crippen LogP contribution in [0.25, 0.3) is 0 Å². The van der Waals surface area contributed by atoms with Gasteiger partial charge in [0.05, 0.1) is 12.5 Å². The van der Waals surface area contributed by atoms with Crippen LogP contribution in [0.2, 0.25) is 0 Å². The Labute approximate surface area is 127 Å². The zero-order valence-electron chi connectivity index (χ0n) is 12.2. The highest BCUT2D eigenvalue weighted by atomic mass is 16.6. The van der Waals surface area contributed by atoms with Gasteiger partial charge in [-0.25, -0.2) is 4.79 Å².